The number of aliphatic carboxylic acids is 2. The summed E-state index contributed by atoms with van der Waals surface area (Å²) in [5.74, 6) is -0.0417. The standard InChI is InChI=1S/C38H61NO8/c1-24(2)12-9-13-25(3)14-10-15-26(4)16-11-22-38(8)23-21-30-29(7)35(27(5)28(6)36(30)47-38)46-34(43)20-18-32(40)39-31(37(44)45)17-19-33(41)42/h24-26,31H,9-23H2,1-8H3,(H,39,40)(H,41,42)(H,44,45). The second-order valence-electron chi connectivity index (χ2n) is 14.8. The van der Waals surface area contributed by atoms with E-state index in [1.807, 2.05) is 20.8 Å². The van der Waals surface area contributed by atoms with Gasteiger partial charge < -0.3 is 25.0 Å². The number of rotatable bonds is 21. The number of carbonyl (C=O) groups is 4. The molecular weight excluding hydrogens is 598 g/mol. The maximum absolute atomic E-state index is 12.7. The molecule has 1 heterocycles. The van der Waals surface area contributed by atoms with Gasteiger partial charge in [0, 0.05) is 18.4 Å². The molecular formula is C38H61NO8. The maximum Gasteiger partial charge on any atom is 0.326 e. The molecule has 9 heteroatoms. The molecule has 1 aliphatic rings. The van der Waals surface area contributed by atoms with Gasteiger partial charge in [-0.25, -0.2) is 4.79 Å². The van der Waals surface area contributed by atoms with Gasteiger partial charge in [-0.15, -0.1) is 0 Å². The van der Waals surface area contributed by atoms with E-state index in [0.717, 1.165) is 65.5 Å². The molecule has 0 aromatic heterocycles. The van der Waals surface area contributed by atoms with Crippen LogP contribution in [-0.2, 0) is 25.6 Å². The largest absolute Gasteiger partial charge is 0.487 e. The van der Waals surface area contributed by atoms with Crippen LogP contribution in [0.4, 0.5) is 0 Å². The Morgan fingerprint density at radius 1 is 0.809 bits per heavy atom. The van der Waals surface area contributed by atoms with Gasteiger partial charge in [0.2, 0.25) is 5.91 Å². The Hall–Kier alpha value is -3.10. The first kappa shape index (κ1) is 40.1. The molecule has 1 amide bonds. The van der Waals surface area contributed by atoms with Crippen LogP contribution in [0.3, 0.4) is 0 Å². The predicted octanol–water partition coefficient (Wildman–Crippen LogP) is 8.25. The van der Waals surface area contributed by atoms with Gasteiger partial charge in [-0.3, -0.25) is 14.4 Å². The smallest absolute Gasteiger partial charge is 0.326 e. The highest BCUT2D eigenvalue weighted by atomic mass is 16.5. The molecule has 0 saturated carbocycles. The van der Waals surface area contributed by atoms with E-state index in [-0.39, 0.29) is 24.9 Å². The molecule has 0 spiro atoms. The number of hydrogen-bond donors (Lipinski definition) is 3. The highest BCUT2D eigenvalue weighted by Gasteiger charge is 2.35. The summed E-state index contributed by atoms with van der Waals surface area (Å²) in [6, 6.07) is -1.33. The van der Waals surface area contributed by atoms with Crippen molar-refractivity contribution in [2.24, 2.45) is 17.8 Å². The van der Waals surface area contributed by atoms with Crippen molar-refractivity contribution >= 4 is 23.8 Å². The van der Waals surface area contributed by atoms with Crippen molar-refractivity contribution in [3.05, 3.63) is 22.3 Å². The number of hydrogen-bond acceptors (Lipinski definition) is 6. The Morgan fingerprint density at radius 2 is 1.40 bits per heavy atom. The first-order valence-corrected chi connectivity index (χ1v) is 17.8. The lowest BCUT2D eigenvalue weighted by Crippen LogP contribution is -2.41. The molecule has 1 aromatic rings. The summed E-state index contributed by atoms with van der Waals surface area (Å²) in [4.78, 5) is 47.2. The van der Waals surface area contributed by atoms with Gasteiger partial charge in [0.25, 0.3) is 0 Å². The van der Waals surface area contributed by atoms with Gasteiger partial charge in [-0.05, 0) is 94.2 Å². The molecule has 47 heavy (non-hydrogen) atoms. The summed E-state index contributed by atoms with van der Waals surface area (Å²) in [5.41, 5.74) is 3.41. The number of carboxylic acid groups (broad SMARTS) is 2. The van der Waals surface area contributed by atoms with Gasteiger partial charge in [0.15, 0.2) is 0 Å². The second kappa shape index (κ2) is 19.0. The van der Waals surface area contributed by atoms with Crippen LogP contribution in [0.25, 0.3) is 0 Å². The first-order chi connectivity index (χ1) is 22.0. The molecule has 266 valence electrons. The minimum atomic E-state index is -1.33. The molecule has 9 nitrogen and oxygen atoms in total. The average molecular weight is 660 g/mol. The topological polar surface area (TPSA) is 139 Å². The normalized spacial score (nSPS) is 17.7. The van der Waals surface area contributed by atoms with Crippen molar-refractivity contribution in [1.29, 1.82) is 0 Å². The third-order valence-electron chi connectivity index (χ3n) is 9.89. The Morgan fingerprint density at radius 3 is 1.98 bits per heavy atom. The molecule has 0 bridgehead atoms. The number of carbonyl (C=O) groups excluding carboxylic acids is 2. The Labute approximate surface area is 282 Å². The lowest BCUT2D eigenvalue weighted by atomic mass is 9.83. The molecule has 4 atom stereocenters. The van der Waals surface area contributed by atoms with Gasteiger partial charge >= 0.3 is 17.9 Å². The maximum atomic E-state index is 12.7. The number of amides is 1. The SMILES string of the molecule is Cc1c(C)c2c(c(C)c1OC(=O)CCC(=O)NC(CCC(=O)O)C(=O)O)CCC(C)(CCCC(C)CCCC(C)CCCC(C)C)O2. The minimum absolute atomic E-state index is 0.240. The van der Waals surface area contributed by atoms with Crippen LogP contribution in [0.15, 0.2) is 0 Å². The van der Waals surface area contributed by atoms with Crippen LogP contribution in [0, 0.1) is 38.5 Å². The quantitative estimate of drug-likeness (QED) is 0.0886. The summed E-state index contributed by atoms with van der Waals surface area (Å²) < 4.78 is 12.5. The summed E-state index contributed by atoms with van der Waals surface area (Å²) in [7, 11) is 0. The van der Waals surface area contributed by atoms with Crippen LogP contribution in [-0.4, -0.2) is 45.7 Å². The second-order valence-corrected chi connectivity index (χ2v) is 14.8. The number of esters is 1. The third-order valence-corrected chi connectivity index (χ3v) is 9.89. The van der Waals surface area contributed by atoms with E-state index in [1.54, 1.807) is 0 Å². The van der Waals surface area contributed by atoms with E-state index in [0.29, 0.717) is 11.7 Å². The predicted molar refractivity (Wildman–Crippen MR) is 184 cm³/mol. The highest BCUT2D eigenvalue weighted by Crippen LogP contribution is 2.45. The van der Waals surface area contributed by atoms with Crippen molar-refractivity contribution < 1.29 is 38.9 Å². The molecule has 3 N–H and O–H groups in total. The Bertz CT molecular complexity index is 1220. The highest BCUT2D eigenvalue weighted by molar-refractivity contribution is 5.86. The lowest BCUT2D eigenvalue weighted by Gasteiger charge is -2.38. The number of nitrogens with one attached hydrogen (secondary N) is 1. The van der Waals surface area contributed by atoms with Crippen molar-refractivity contribution in [3.8, 4) is 11.5 Å². The summed E-state index contributed by atoms with van der Waals surface area (Å²) >= 11 is 0. The van der Waals surface area contributed by atoms with E-state index in [4.69, 9.17) is 14.6 Å². The zero-order chi connectivity index (χ0) is 35.3. The van der Waals surface area contributed by atoms with Crippen molar-refractivity contribution in [2.75, 3.05) is 0 Å². The lowest BCUT2D eigenvalue weighted by molar-refractivity contribution is -0.143. The number of carboxylic acids is 2. The van der Waals surface area contributed by atoms with E-state index in [2.05, 4.69) is 39.9 Å². The molecule has 0 saturated heterocycles. The molecule has 4 unspecified atom stereocenters. The molecule has 0 fully saturated rings. The molecule has 1 aromatic carbocycles. The fourth-order valence-corrected chi connectivity index (χ4v) is 6.59. The van der Waals surface area contributed by atoms with Crippen LogP contribution in [0.5, 0.6) is 11.5 Å². The van der Waals surface area contributed by atoms with Crippen molar-refractivity contribution in [1.82, 2.24) is 5.32 Å². The van der Waals surface area contributed by atoms with Gasteiger partial charge in [-0.2, -0.15) is 0 Å². The molecule has 0 radical (unpaired) electrons. The Kier molecular flexibility index (Phi) is 16.2. The zero-order valence-electron chi connectivity index (χ0n) is 30.3. The van der Waals surface area contributed by atoms with Gasteiger partial charge in [-0.1, -0.05) is 72.6 Å². The summed E-state index contributed by atoms with van der Waals surface area (Å²) in [6.07, 6.45) is 11.8. The molecule has 1 aliphatic heterocycles. The molecule has 2 rings (SSSR count). The van der Waals surface area contributed by atoms with E-state index < -0.39 is 36.3 Å². The summed E-state index contributed by atoms with van der Waals surface area (Å²) in [6.45, 7) is 17.4. The van der Waals surface area contributed by atoms with Crippen LogP contribution < -0.4 is 14.8 Å². The Balaban J connectivity index is 1.89. The number of ether oxygens (including phenoxy) is 2. The van der Waals surface area contributed by atoms with Crippen molar-refractivity contribution in [3.63, 3.8) is 0 Å². The first-order valence-electron chi connectivity index (χ1n) is 17.8. The number of fused-ring (bicyclic) bond motifs is 1. The number of benzene rings is 1. The fraction of sp³-hybridized carbons (Fsp3) is 0.737. The van der Waals surface area contributed by atoms with E-state index >= 15 is 0 Å². The average Bonchev–Trinajstić information content (AvgIpc) is 2.98. The van der Waals surface area contributed by atoms with Crippen molar-refractivity contribution in [2.45, 2.75) is 163 Å². The van der Waals surface area contributed by atoms with Crippen LogP contribution in [0.1, 0.15) is 147 Å². The van der Waals surface area contributed by atoms with E-state index in [9.17, 15) is 24.3 Å². The monoisotopic (exact) mass is 659 g/mol. The van der Waals surface area contributed by atoms with Gasteiger partial charge in [0.05, 0.1) is 6.42 Å². The van der Waals surface area contributed by atoms with Crippen LogP contribution in [0.2, 0.25) is 0 Å². The van der Waals surface area contributed by atoms with Gasteiger partial charge in [0.1, 0.15) is 23.1 Å². The minimum Gasteiger partial charge on any atom is -0.487 e. The third kappa shape index (κ3) is 13.5. The summed E-state index contributed by atoms with van der Waals surface area (Å²) in [5, 5.41) is 20.3. The molecule has 0 aliphatic carbocycles. The van der Waals surface area contributed by atoms with E-state index in [1.165, 1.54) is 44.9 Å². The fourth-order valence-electron chi connectivity index (χ4n) is 6.59. The zero-order valence-corrected chi connectivity index (χ0v) is 30.3. The van der Waals surface area contributed by atoms with Crippen LogP contribution >= 0.6 is 0 Å².